The first-order valence-corrected chi connectivity index (χ1v) is 7.39. The summed E-state index contributed by atoms with van der Waals surface area (Å²) in [5.41, 5.74) is 0.572. The summed E-state index contributed by atoms with van der Waals surface area (Å²) >= 11 is 0. The number of hydrogen-bond donors (Lipinski definition) is 0. The van der Waals surface area contributed by atoms with E-state index in [1.54, 1.807) is 10.6 Å². The van der Waals surface area contributed by atoms with Gasteiger partial charge in [0.15, 0.2) is 5.65 Å². The highest BCUT2D eigenvalue weighted by molar-refractivity contribution is 6.20. The van der Waals surface area contributed by atoms with Crippen LogP contribution in [-0.2, 0) is 9.59 Å². The standard InChI is InChI=1S/C16H17N5O2/c1-3-14(22)20(15(23)4-2)16-17-12-8-7-9-13(21(12)18-16)19-10-5-6-11-19/h3-4,7-9H,1-2,5-6,10-11H2. The van der Waals surface area contributed by atoms with E-state index in [0.717, 1.165) is 48.8 Å². The van der Waals surface area contributed by atoms with E-state index in [2.05, 4.69) is 28.1 Å². The summed E-state index contributed by atoms with van der Waals surface area (Å²) in [4.78, 5) is 31.3. The number of fused-ring (bicyclic) bond motifs is 1. The third kappa shape index (κ3) is 2.61. The number of rotatable bonds is 4. The molecule has 0 atom stereocenters. The minimum atomic E-state index is -0.589. The van der Waals surface area contributed by atoms with Crippen molar-refractivity contribution in [3.8, 4) is 0 Å². The first-order valence-electron chi connectivity index (χ1n) is 7.39. The van der Waals surface area contributed by atoms with Gasteiger partial charge in [-0.1, -0.05) is 19.2 Å². The van der Waals surface area contributed by atoms with Crippen molar-refractivity contribution in [2.45, 2.75) is 12.8 Å². The van der Waals surface area contributed by atoms with Gasteiger partial charge in [-0.05, 0) is 37.1 Å². The number of imide groups is 1. The van der Waals surface area contributed by atoms with Crippen LogP contribution in [0, 0.1) is 0 Å². The van der Waals surface area contributed by atoms with Crippen LogP contribution < -0.4 is 9.80 Å². The van der Waals surface area contributed by atoms with Gasteiger partial charge in [-0.25, -0.2) is 4.90 Å². The molecule has 118 valence electrons. The molecule has 3 rings (SSSR count). The van der Waals surface area contributed by atoms with E-state index in [0.29, 0.717) is 5.65 Å². The van der Waals surface area contributed by atoms with Crippen LogP contribution in [0.3, 0.4) is 0 Å². The van der Waals surface area contributed by atoms with Crippen LogP contribution in [0.1, 0.15) is 12.8 Å². The lowest BCUT2D eigenvalue weighted by Gasteiger charge is -2.17. The summed E-state index contributed by atoms with van der Waals surface area (Å²) in [6.45, 7) is 8.73. The molecule has 1 aliphatic heterocycles. The predicted octanol–water partition coefficient (Wildman–Crippen LogP) is 1.56. The minimum absolute atomic E-state index is 0.0199. The van der Waals surface area contributed by atoms with Crippen molar-refractivity contribution >= 4 is 29.2 Å². The normalized spacial score (nSPS) is 14.0. The molecule has 23 heavy (non-hydrogen) atoms. The van der Waals surface area contributed by atoms with Crippen molar-refractivity contribution < 1.29 is 9.59 Å². The first kappa shape index (κ1) is 15.0. The van der Waals surface area contributed by atoms with Gasteiger partial charge in [0, 0.05) is 13.1 Å². The number of pyridine rings is 1. The highest BCUT2D eigenvalue weighted by Crippen LogP contribution is 2.22. The molecule has 1 fully saturated rings. The SMILES string of the molecule is C=CC(=O)N(C(=O)C=C)c1nc2cccc(N3CCCC3)n2n1. The van der Waals surface area contributed by atoms with Crippen molar-refractivity contribution in [3.63, 3.8) is 0 Å². The van der Waals surface area contributed by atoms with Gasteiger partial charge in [-0.2, -0.15) is 9.50 Å². The molecule has 0 radical (unpaired) electrons. The maximum Gasteiger partial charge on any atom is 0.259 e. The molecule has 0 saturated carbocycles. The number of anilines is 2. The highest BCUT2D eigenvalue weighted by atomic mass is 16.2. The fraction of sp³-hybridized carbons (Fsp3) is 0.250. The van der Waals surface area contributed by atoms with Gasteiger partial charge < -0.3 is 4.90 Å². The molecule has 0 aliphatic carbocycles. The maximum atomic E-state index is 12.0. The fourth-order valence-electron chi connectivity index (χ4n) is 2.65. The summed E-state index contributed by atoms with van der Waals surface area (Å²) in [5, 5.41) is 4.35. The lowest BCUT2D eigenvalue weighted by molar-refractivity contribution is -0.121. The number of nitrogens with zero attached hydrogens (tertiary/aromatic N) is 5. The zero-order valence-electron chi connectivity index (χ0n) is 12.7. The van der Waals surface area contributed by atoms with E-state index < -0.39 is 11.8 Å². The predicted molar refractivity (Wildman–Crippen MR) is 87.3 cm³/mol. The van der Waals surface area contributed by atoms with Crippen LogP contribution in [0.4, 0.5) is 11.8 Å². The number of amides is 2. The molecule has 2 amide bonds. The average Bonchev–Trinajstić information content (AvgIpc) is 3.23. The summed E-state index contributed by atoms with van der Waals surface area (Å²) in [6.07, 6.45) is 4.37. The fourth-order valence-corrected chi connectivity index (χ4v) is 2.65. The third-order valence-electron chi connectivity index (χ3n) is 3.75. The van der Waals surface area contributed by atoms with Crippen LogP contribution in [0.15, 0.2) is 43.5 Å². The van der Waals surface area contributed by atoms with Crippen molar-refractivity contribution in [2.75, 3.05) is 22.9 Å². The molecule has 1 aliphatic rings. The smallest absolute Gasteiger partial charge is 0.259 e. The molecule has 7 heteroatoms. The monoisotopic (exact) mass is 311 g/mol. The van der Waals surface area contributed by atoms with E-state index in [-0.39, 0.29) is 5.95 Å². The molecule has 0 N–H and O–H groups in total. The van der Waals surface area contributed by atoms with Gasteiger partial charge in [-0.3, -0.25) is 9.59 Å². The topological polar surface area (TPSA) is 70.8 Å². The number of carbonyl (C=O) groups is 2. The molecule has 3 heterocycles. The molecule has 0 unspecified atom stereocenters. The lowest BCUT2D eigenvalue weighted by atomic mass is 10.4. The van der Waals surface area contributed by atoms with Crippen molar-refractivity contribution in [1.82, 2.24) is 14.6 Å². The Labute approximate surface area is 133 Å². The van der Waals surface area contributed by atoms with Gasteiger partial charge in [0.1, 0.15) is 5.82 Å². The number of aromatic nitrogens is 3. The van der Waals surface area contributed by atoms with Crippen LogP contribution >= 0.6 is 0 Å². The molecule has 0 spiro atoms. The number of carbonyl (C=O) groups excluding carboxylic acids is 2. The van der Waals surface area contributed by atoms with E-state index in [9.17, 15) is 9.59 Å². The van der Waals surface area contributed by atoms with Gasteiger partial charge in [0.05, 0.1) is 0 Å². The van der Waals surface area contributed by atoms with E-state index in [1.807, 2.05) is 12.1 Å². The highest BCUT2D eigenvalue weighted by Gasteiger charge is 2.25. The van der Waals surface area contributed by atoms with E-state index >= 15 is 0 Å². The molecule has 2 aromatic rings. The second kappa shape index (κ2) is 6.04. The molecule has 1 saturated heterocycles. The molecule has 7 nitrogen and oxygen atoms in total. The Morgan fingerprint density at radius 3 is 2.39 bits per heavy atom. The Balaban J connectivity index is 2.09. The van der Waals surface area contributed by atoms with E-state index in [1.165, 1.54) is 0 Å². The second-order valence-electron chi connectivity index (χ2n) is 5.18. The summed E-state index contributed by atoms with van der Waals surface area (Å²) in [6, 6.07) is 5.62. The van der Waals surface area contributed by atoms with Gasteiger partial charge in [0.2, 0.25) is 0 Å². The van der Waals surface area contributed by atoms with Crippen LogP contribution in [0.5, 0.6) is 0 Å². The largest absolute Gasteiger partial charge is 0.356 e. The van der Waals surface area contributed by atoms with Crippen molar-refractivity contribution in [2.24, 2.45) is 0 Å². The molecular weight excluding hydrogens is 294 g/mol. The van der Waals surface area contributed by atoms with Gasteiger partial charge in [0.25, 0.3) is 17.8 Å². The Morgan fingerprint density at radius 1 is 1.13 bits per heavy atom. The average molecular weight is 311 g/mol. The third-order valence-corrected chi connectivity index (χ3v) is 3.75. The van der Waals surface area contributed by atoms with Crippen molar-refractivity contribution in [1.29, 1.82) is 0 Å². The Kier molecular flexibility index (Phi) is 3.92. The molecular formula is C16H17N5O2. The van der Waals surface area contributed by atoms with E-state index in [4.69, 9.17) is 0 Å². The van der Waals surface area contributed by atoms with Crippen molar-refractivity contribution in [3.05, 3.63) is 43.5 Å². The molecule has 0 bridgehead atoms. The Hall–Kier alpha value is -2.96. The van der Waals surface area contributed by atoms with Crippen LogP contribution in [-0.4, -0.2) is 39.5 Å². The van der Waals surface area contributed by atoms with Crippen LogP contribution in [0.25, 0.3) is 5.65 Å². The Bertz CT molecular complexity index is 769. The number of hydrogen-bond acceptors (Lipinski definition) is 5. The minimum Gasteiger partial charge on any atom is -0.356 e. The van der Waals surface area contributed by atoms with Gasteiger partial charge in [-0.15, -0.1) is 5.10 Å². The molecule has 2 aromatic heterocycles. The Morgan fingerprint density at radius 2 is 1.78 bits per heavy atom. The van der Waals surface area contributed by atoms with Gasteiger partial charge >= 0.3 is 0 Å². The lowest BCUT2D eigenvalue weighted by Crippen LogP contribution is -2.35. The molecule has 0 aromatic carbocycles. The second-order valence-corrected chi connectivity index (χ2v) is 5.18. The summed E-state index contributed by atoms with van der Waals surface area (Å²) < 4.78 is 1.65. The zero-order chi connectivity index (χ0) is 16.4. The van der Waals surface area contributed by atoms with Crippen LogP contribution in [0.2, 0.25) is 0 Å². The summed E-state index contributed by atoms with van der Waals surface area (Å²) in [5.74, 6) is -0.260. The zero-order valence-corrected chi connectivity index (χ0v) is 12.7. The maximum absolute atomic E-state index is 12.0. The quantitative estimate of drug-likeness (QED) is 0.801. The summed E-state index contributed by atoms with van der Waals surface area (Å²) in [7, 11) is 0. The first-order chi connectivity index (χ1) is 11.2.